The summed E-state index contributed by atoms with van der Waals surface area (Å²) in [6, 6.07) is 24.4. The maximum Gasteiger partial charge on any atom is 0.356 e. The van der Waals surface area contributed by atoms with Crippen LogP contribution in [0.2, 0.25) is 0 Å². The van der Waals surface area contributed by atoms with Crippen LogP contribution >= 0.6 is 0 Å². The van der Waals surface area contributed by atoms with E-state index < -0.39 is 20.6 Å². The number of hydrazine groups is 2. The first-order chi connectivity index (χ1) is 16.8. The van der Waals surface area contributed by atoms with Gasteiger partial charge >= 0.3 is 5.69 Å². The van der Waals surface area contributed by atoms with Crippen molar-refractivity contribution in [3.63, 3.8) is 0 Å². The fourth-order valence-corrected chi connectivity index (χ4v) is 4.00. The molecular formula is C23H21N7O4S. The van der Waals surface area contributed by atoms with Gasteiger partial charge in [0.25, 0.3) is 10.0 Å². The maximum absolute atomic E-state index is 12.6. The van der Waals surface area contributed by atoms with E-state index in [1.807, 2.05) is 67.6 Å². The molecule has 0 saturated carbocycles. The highest BCUT2D eigenvalue weighted by Crippen LogP contribution is 2.32. The van der Waals surface area contributed by atoms with Crippen LogP contribution in [-0.2, 0) is 10.0 Å². The number of benzene rings is 3. The van der Waals surface area contributed by atoms with Crippen LogP contribution in [0.25, 0.3) is 0 Å². The number of anilines is 4. The van der Waals surface area contributed by atoms with E-state index in [1.165, 1.54) is 12.1 Å². The summed E-state index contributed by atoms with van der Waals surface area (Å²) in [6.07, 6.45) is 1.09. The molecule has 0 aliphatic carbocycles. The normalized spacial score (nSPS) is 11.0. The van der Waals surface area contributed by atoms with E-state index in [9.17, 15) is 18.5 Å². The monoisotopic (exact) mass is 491 g/mol. The van der Waals surface area contributed by atoms with E-state index in [2.05, 4.69) is 25.7 Å². The molecule has 4 rings (SSSR count). The summed E-state index contributed by atoms with van der Waals surface area (Å²) < 4.78 is 25.2. The Balaban J connectivity index is 1.66. The second kappa shape index (κ2) is 10.2. The van der Waals surface area contributed by atoms with Gasteiger partial charge in [-0.2, -0.15) is 0 Å². The molecule has 4 aromatic rings. The van der Waals surface area contributed by atoms with Gasteiger partial charge in [-0.25, -0.2) is 18.4 Å². The number of aryl methyl sites for hydroxylation is 1. The third-order valence-electron chi connectivity index (χ3n) is 4.89. The van der Waals surface area contributed by atoms with Gasteiger partial charge in [0, 0.05) is 0 Å². The Morgan fingerprint density at radius 1 is 0.829 bits per heavy atom. The zero-order valence-electron chi connectivity index (χ0n) is 18.5. The molecule has 3 N–H and O–H groups in total. The van der Waals surface area contributed by atoms with Crippen molar-refractivity contribution in [2.75, 3.05) is 15.9 Å². The Bertz CT molecular complexity index is 1380. The molecule has 0 amide bonds. The van der Waals surface area contributed by atoms with Gasteiger partial charge in [-0.1, -0.05) is 54.1 Å². The predicted octanol–water partition coefficient (Wildman–Crippen LogP) is 4.16. The molecule has 0 aliphatic rings. The van der Waals surface area contributed by atoms with Crippen molar-refractivity contribution < 1.29 is 13.3 Å². The topological polar surface area (TPSA) is 142 Å². The van der Waals surface area contributed by atoms with Crippen LogP contribution in [-0.4, -0.2) is 23.3 Å². The Kier molecular flexibility index (Phi) is 6.85. The van der Waals surface area contributed by atoms with Crippen molar-refractivity contribution in [2.24, 2.45) is 0 Å². The zero-order chi connectivity index (χ0) is 24.8. The molecule has 1 heterocycles. The summed E-state index contributed by atoms with van der Waals surface area (Å²) >= 11 is 0. The Labute approximate surface area is 201 Å². The molecule has 35 heavy (non-hydrogen) atoms. The molecule has 3 aromatic carbocycles. The van der Waals surface area contributed by atoms with E-state index in [1.54, 1.807) is 17.1 Å². The minimum atomic E-state index is -4.01. The number of sulfonamides is 1. The van der Waals surface area contributed by atoms with E-state index in [0.29, 0.717) is 11.4 Å². The average molecular weight is 492 g/mol. The maximum atomic E-state index is 12.6. The highest BCUT2D eigenvalue weighted by molar-refractivity contribution is 7.89. The molecule has 0 atom stereocenters. The Morgan fingerprint density at radius 2 is 1.37 bits per heavy atom. The van der Waals surface area contributed by atoms with Gasteiger partial charge in [0.2, 0.25) is 11.6 Å². The smallest absolute Gasteiger partial charge is 0.286 e. The molecule has 0 spiro atoms. The molecule has 0 radical (unpaired) electrons. The van der Waals surface area contributed by atoms with Crippen molar-refractivity contribution in [1.82, 2.24) is 14.8 Å². The van der Waals surface area contributed by atoms with Crippen molar-refractivity contribution in [2.45, 2.75) is 11.8 Å². The molecule has 12 heteroatoms. The third kappa shape index (κ3) is 5.51. The standard InChI is InChI=1S/C23H21N7O4S/c1-17-12-14-20(15-13-17)35(33,34)28-26-22-21(30(31)32)23(25-16-24-22)27-29(18-8-4-2-5-9-18)19-10-6-3-7-11-19/h2-16,28H,1H3,(H2,24,25,26,27). The van der Waals surface area contributed by atoms with Crippen LogP contribution in [0, 0.1) is 17.0 Å². The first kappa shape index (κ1) is 23.6. The van der Waals surface area contributed by atoms with E-state index in [0.717, 1.165) is 11.9 Å². The lowest BCUT2D eigenvalue weighted by atomic mass is 10.2. The van der Waals surface area contributed by atoms with Crippen LogP contribution in [0.15, 0.2) is 96.2 Å². The SMILES string of the molecule is Cc1ccc(S(=O)(=O)NNc2ncnc(NN(c3ccccc3)c3ccccc3)c2[N+](=O)[O-])cc1. The van der Waals surface area contributed by atoms with Crippen molar-refractivity contribution >= 4 is 38.7 Å². The summed E-state index contributed by atoms with van der Waals surface area (Å²) in [4.78, 5) is 21.3. The van der Waals surface area contributed by atoms with Crippen LogP contribution in [0.1, 0.15) is 5.56 Å². The second-order valence-corrected chi connectivity index (χ2v) is 9.02. The molecule has 0 unspecified atom stereocenters. The van der Waals surface area contributed by atoms with Gasteiger partial charge in [0.1, 0.15) is 6.33 Å². The van der Waals surface area contributed by atoms with Crippen LogP contribution < -0.4 is 20.7 Å². The molecule has 11 nitrogen and oxygen atoms in total. The molecular weight excluding hydrogens is 470 g/mol. The number of nitrogens with one attached hydrogen (secondary N) is 3. The predicted molar refractivity (Wildman–Crippen MR) is 132 cm³/mol. The van der Waals surface area contributed by atoms with Crippen molar-refractivity contribution in [3.8, 4) is 0 Å². The van der Waals surface area contributed by atoms with Gasteiger partial charge < -0.3 is 0 Å². The number of hydrogen-bond acceptors (Lipinski definition) is 9. The number of para-hydroxylation sites is 2. The highest BCUT2D eigenvalue weighted by atomic mass is 32.2. The second-order valence-electron chi connectivity index (χ2n) is 7.34. The summed E-state index contributed by atoms with van der Waals surface area (Å²) in [6.45, 7) is 1.83. The fourth-order valence-electron chi connectivity index (χ4n) is 3.16. The molecule has 0 fully saturated rings. The molecule has 1 aromatic heterocycles. The summed E-state index contributed by atoms with van der Waals surface area (Å²) in [5, 5.41) is 13.6. The number of rotatable bonds is 9. The van der Waals surface area contributed by atoms with Crippen molar-refractivity contribution in [1.29, 1.82) is 0 Å². The largest absolute Gasteiger partial charge is 0.356 e. The lowest BCUT2D eigenvalue weighted by Crippen LogP contribution is -2.31. The van der Waals surface area contributed by atoms with Gasteiger partial charge in [-0.3, -0.25) is 26.0 Å². The first-order valence-corrected chi connectivity index (χ1v) is 11.8. The average Bonchev–Trinajstić information content (AvgIpc) is 2.87. The van der Waals surface area contributed by atoms with Gasteiger partial charge in [-0.15, -0.1) is 4.83 Å². The minimum absolute atomic E-state index is 0.00927. The summed E-state index contributed by atoms with van der Waals surface area (Å²) in [5.74, 6) is -0.473. The number of hydrogen-bond donors (Lipinski definition) is 3. The van der Waals surface area contributed by atoms with Gasteiger partial charge in [0.15, 0.2) is 0 Å². The molecule has 178 valence electrons. The van der Waals surface area contributed by atoms with Gasteiger partial charge in [0.05, 0.1) is 21.2 Å². The van der Waals surface area contributed by atoms with E-state index in [-0.39, 0.29) is 16.5 Å². The third-order valence-corrected chi connectivity index (χ3v) is 6.15. The summed E-state index contributed by atoms with van der Waals surface area (Å²) in [7, 11) is -4.01. The van der Waals surface area contributed by atoms with E-state index in [4.69, 9.17) is 0 Å². The minimum Gasteiger partial charge on any atom is -0.286 e. The number of aromatic nitrogens is 2. The molecule has 0 aliphatic heterocycles. The number of nitro groups is 1. The molecule has 0 bridgehead atoms. The Hall–Kier alpha value is -4.55. The number of nitrogens with zero attached hydrogens (tertiary/aromatic N) is 4. The zero-order valence-corrected chi connectivity index (χ0v) is 19.3. The van der Waals surface area contributed by atoms with Gasteiger partial charge in [-0.05, 0) is 43.3 Å². The lowest BCUT2D eigenvalue weighted by molar-refractivity contribution is -0.383. The Morgan fingerprint density at radius 3 is 1.91 bits per heavy atom. The van der Waals surface area contributed by atoms with Crippen LogP contribution in [0.3, 0.4) is 0 Å². The van der Waals surface area contributed by atoms with Crippen molar-refractivity contribution in [3.05, 3.63) is 107 Å². The highest BCUT2D eigenvalue weighted by Gasteiger charge is 2.26. The van der Waals surface area contributed by atoms with E-state index >= 15 is 0 Å². The lowest BCUT2D eigenvalue weighted by Gasteiger charge is -2.26. The van der Waals surface area contributed by atoms with Crippen LogP contribution in [0.4, 0.5) is 28.7 Å². The molecule has 0 saturated heterocycles. The fraction of sp³-hybridized carbons (Fsp3) is 0.0435. The first-order valence-electron chi connectivity index (χ1n) is 10.4. The van der Waals surface area contributed by atoms with Crippen LogP contribution in [0.5, 0.6) is 0 Å². The quantitative estimate of drug-likeness (QED) is 0.232. The summed E-state index contributed by atoms with van der Waals surface area (Å²) in [5.41, 5.74) is 7.05.